The molecule has 1 N–H and O–H groups in total. The lowest BCUT2D eigenvalue weighted by Crippen LogP contribution is -2.48. The molecular formula is C21H22N4O4S. The Hall–Kier alpha value is -3.17. The van der Waals surface area contributed by atoms with Crippen LogP contribution in [0.25, 0.3) is 10.8 Å². The van der Waals surface area contributed by atoms with E-state index in [0.29, 0.717) is 36.8 Å². The van der Waals surface area contributed by atoms with Gasteiger partial charge in [0.15, 0.2) is 0 Å². The van der Waals surface area contributed by atoms with E-state index in [1.54, 1.807) is 31.3 Å². The summed E-state index contributed by atoms with van der Waals surface area (Å²) in [5, 5.41) is 15.9. The maximum absolute atomic E-state index is 13.1. The summed E-state index contributed by atoms with van der Waals surface area (Å²) in [5.74, 6) is 0. The third-order valence-corrected chi connectivity index (χ3v) is 7.30. The Kier molecular flexibility index (Phi) is 5.31. The Bertz CT molecular complexity index is 1200. The van der Waals surface area contributed by atoms with Crippen molar-refractivity contribution in [2.75, 3.05) is 43.4 Å². The summed E-state index contributed by atoms with van der Waals surface area (Å²) in [6.07, 6.45) is 0. The number of nitrogens with zero attached hydrogens (tertiary/aromatic N) is 3. The van der Waals surface area contributed by atoms with Gasteiger partial charge in [0.05, 0.1) is 9.82 Å². The van der Waals surface area contributed by atoms with Crippen LogP contribution in [0.4, 0.5) is 17.1 Å². The molecule has 0 spiro atoms. The molecule has 0 unspecified atom stereocenters. The number of hydrogen-bond acceptors (Lipinski definition) is 6. The molecule has 30 heavy (non-hydrogen) atoms. The van der Waals surface area contributed by atoms with Crippen molar-refractivity contribution in [3.8, 4) is 0 Å². The summed E-state index contributed by atoms with van der Waals surface area (Å²) in [6.45, 7) is 1.71. The Labute approximate surface area is 174 Å². The highest BCUT2D eigenvalue weighted by molar-refractivity contribution is 7.89. The first-order chi connectivity index (χ1) is 14.4. The highest BCUT2D eigenvalue weighted by Gasteiger charge is 2.29. The zero-order valence-corrected chi connectivity index (χ0v) is 17.3. The number of nitrogens with one attached hydrogen (secondary N) is 1. The molecule has 1 aliphatic heterocycles. The normalized spacial score (nSPS) is 15.3. The Balaban J connectivity index is 1.51. The van der Waals surface area contributed by atoms with Crippen LogP contribution in [0.2, 0.25) is 0 Å². The molecule has 0 bridgehead atoms. The standard InChI is InChI=1S/C21H22N4O4S/c1-22-20-15-18(7-9-21(20)25(26)27)23-10-12-24(13-11-23)30(28,29)19-8-6-16-4-2-3-5-17(16)14-19/h2-9,14-15,22H,10-13H2,1H3. The lowest BCUT2D eigenvalue weighted by atomic mass is 10.1. The number of sulfonamides is 1. The van der Waals surface area contributed by atoms with Crippen LogP contribution in [0.3, 0.4) is 0 Å². The van der Waals surface area contributed by atoms with Crippen LogP contribution in [0.15, 0.2) is 65.6 Å². The molecule has 1 aliphatic rings. The number of nitro benzene ring substituents is 1. The fourth-order valence-corrected chi connectivity index (χ4v) is 5.20. The third kappa shape index (κ3) is 3.69. The molecular weight excluding hydrogens is 404 g/mol. The summed E-state index contributed by atoms with van der Waals surface area (Å²) >= 11 is 0. The first kappa shape index (κ1) is 20.1. The van der Waals surface area contributed by atoms with Gasteiger partial charge in [-0.1, -0.05) is 30.3 Å². The summed E-state index contributed by atoms with van der Waals surface area (Å²) in [4.78, 5) is 13.0. The second-order valence-electron chi connectivity index (χ2n) is 7.11. The van der Waals surface area contributed by atoms with E-state index in [-0.39, 0.29) is 5.69 Å². The summed E-state index contributed by atoms with van der Waals surface area (Å²) in [7, 11) is -1.95. The number of anilines is 2. The van der Waals surface area contributed by atoms with Gasteiger partial charge in [-0.05, 0) is 35.0 Å². The predicted molar refractivity (Wildman–Crippen MR) is 118 cm³/mol. The van der Waals surface area contributed by atoms with E-state index < -0.39 is 14.9 Å². The average molecular weight is 426 g/mol. The SMILES string of the molecule is CNc1cc(N2CCN(S(=O)(=O)c3ccc4ccccc4c3)CC2)ccc1[N+](=O)[O-]. The molecule has 0 aromatic heterocycles. The smallest absolute Gasteiger partial charge is 0.292 e. The maximum Gasteiger partial charge on any atom is 0.292 e. The van der Waals surface area contributed by atoms with Crippen molar-refractivity contribution in [1.82, 2.24) is 4.31 Å². The minimum absolute atomic E-state index is 0.0127. The second kappa shape index (κ2) is 7.92. The maximum atomic E-state index is 13.1. The van der Waals surface area contributed by atoms with Crippen LogP contribution in [0.1, 0.15) is 0 Å². The molecule has 0 saturated carbocycles. The van der Waals surface area contributed by atoms with E-state index in [1.165, 1.54) is 10.4 Å². The van der Waals surface area contributed by atoms with Gasteiger partial charge in [-0.2, -0.15) is 4.31 Å². The summed E-state index contributed by atoms with van der Waals surface area (Å²) in [6, 6.07) is 17.8. The molecule has 0 atom stereocenters. The number of benzene rings is 3. The monoisotopic (exact) mass is 426 g/mol. The second-order valence-corrected chi connectivity index (χ2v) is 9.05. The van der Waals surface area contributed by atoms with Crippen LogP contribution in [0.5, 0.6) is 0 Å². The van der Waals surface area contributed by atoms with Crippen molar-refractivity contribution >= 4 is 37.9 Å². The fraction of sp³-hybridized carbons (Fsp3) is 0.238. The number of piperazine rings is 1. The van der Waals surface area contributed by atoms with Crippen molar-refractivity contribution in [2.24, 2.45) is 0 Å². The van der Waals surface area contributed by atoms with E-state index in [1.807, 2.05) is 35.2 Å². The van der Waals surface area contributed by atoms with Gasteiger partial charge in [0.1, 0.15) is 5.69 Å². The number of rotatable bonds is 5. The van der Waals surface area contributed by atoms with Crippen molar-refractivity contribution < 1.29 is 13.3 Å². The minimum Gasteiger partial charge on any atom is -0.383 e. The molecule has 0 amide bonds. The number of hydrogen-bond donors (Lipinski definition) is 1. The lowest BCUT2D eigenvalue weighted by Gasteiger charge is -2.35. The molecule has 3 aromatic carbocycles. The quantitative estimate of drug-likeness (QED) is 0.497. The van der Waals surface area contributed by atoms with Gasteiger partial charge in [0.2, 0.25) is 10.0 Å². The van der Waals surface area contributed by atoms with Crippen molar-refractivity contribution in [2.45, 2.75) is 4.90 Å². The Morgan fingerprint density at radius 2 is 1.63 bits per heavy atom. The third-order valence-electron chi connectivity index (χ3n) is 5.41. The predicted octanol–water partition coefficient (Wildman–Crippen LogP) is 3.30. The fourth-order valence-electron chi connectivity index (χ4n) is 3.74. The van der Waals surface area contributed by atoms with Gasteiger partial charge >= 0.3 is 0 Å². The van der Waals surface area contributed by atoms with Crippen LogP contribution < -0.4 is 10.2 Å². The first-order valence-electron chi connectivity index (χ1n) is 9.60. The van der Waals surface area contributed by atoms with E-state index in [0.717, 1.165) is 16.5 Å². The molecule has 1 saturated heterocycles. The molecule has 156 valence electrons. The van der Waals surface area contributed by atoms with Crippen molar-refractivity contribution in [3.05, 3.63) is 70.8 Å². The molecule has 9 heteroatoms. The molecule has 1 fully saturated rings. The Morgan fingerprint density at radius 1 is 0.933 bits per heavy atom. The van der Waals surface area contributed by atoms with E-state index in [4.69, 9.17) is 0 Å². The van der Waals surface area contributed by atoms with Crippen LogP contribution in [-0.2, 0) is 10.0 Å². The summed E-state index contributed by atoms with van der Waals surface area (Å²) < 4.78 is 27.7. The van der Waals surface area contributed by atoms with Gasteiger partial charge in [-0.25, -0.2) is 8.42 Å². The van der Waals surface area contributed by atoms with Gasteiger partial charge < -0.3 is 10.2 Å². The van der Waals surface area contributed by atoms with Gasteiger partial charge in [0, 0.05) is 45.0 Å². The Morgan fingerprint density at radius 3 is 2.30 bits per heavy atom. The molecule has 3 aromatic rings. The number of nitro groups is 1. The van der Waals surface area contributed by atoms with Gasteiger partial charge in [-0.3, -0.25) is 10.1 Å². The largest absolute Gasteiger partial charge is 0.383 e. The zero-order valence-electron chi connectivity index (χ0n) is 16.5. The van der Waals surface area contributed by atoms with Crippen LogP contribution >= 0.6 is 0 Å². The van der Waals surface area contributed by atoms with E-state index >= 15 is 0 Å². The molecule has 4 rings (SSSR count). The zero-order chi connectivity index (χ0) is 21.3. The highest BCUT2D eigenvalue weighted by atomic mass is 32.2. The van der Waals surface area contributed by atoms with E-state index in [9.17, 15) is 18.5 Å². The van der Waals surface area contributed by atoms with Crippen LogP contribution in [-0.4, -0.2) is 50.9 Å². The lowest BCUT2D eigenvalue weighted by molar-refractivity contribution is -0.383. The minimum atomic E-state index is -3.58. The summed E-state index contributed by atoms with van der Waals surface area (Å²) in [5.41, 5.74) is 1.27. The van der Waals surface area contributed by atoms with Gasteiger partial charge in [-0.15, -0.1) is 0 Å². The molecule has 0 radical (unpaired) electrons. The highest BCUT2D eigenvalue weighted by Crippen LogP contribution is 2.30. The number of fused-ring (bicyclic) bond motifs is 1. The van der Waals surface area contributed by atoms with E-state index in [2.05, 4.69) is 5.32 Å². The first-order valence-corrected chi connectivity index (χ1v) is 11.0. The van der Waals surface area contributed by atoms with Crippen molar-refractivity contribution in [3.63, 3.8) is 0 Å². The van der Waals surface area contributed by atoms with Crippen molar-refractivity contribution in [1.29, 1.82) is 0 Å². The molecule has 8 nitrogen and oxygen atoms in total. The molecule has 1 heterocycles. The molecule has 0 aliphatic carbocycles. The van der Waals surface area contributed by atoms with Gasteiger partial charge in [0.25, 0.3) is 5.69 Å². The average Bonchev–Trinajstić information content (AvgIpc) is 2.78. The van der Waals surface area contributed by atoms with Crippen LogP contribution in [0, 0.1) is 10.1 Å². The topological polar surface area (TPSA) is 95.8 Å².